The molecule has 32 heavy (non-hydrogen) atoms. The standard InChI is InChI=1S/C22H23BrN4O5/c1-6-32-19-17(27(29)30)9-13(10-18(19)31-5)12-24-26-20(28)15-11-14(23)7-8-16(15)25-21(26)22(2,3)4/h7-12H,6H2,1-5H3. The van der Waals surface area contributed by atoms with Gasteiger partial charge in [0.1, 0.15) is 5.82 Å². The lowest BCUT2D eigenvalue weighted by molar-refractivity contribution is -0.385. The molecule has 0 radical (unpaired) electrons. The van der Waals surface area contributed by atoms with Crippen LogP contribution in [0.1, 0.15) is 39.1 Å². The Labute approximate surface area is 193 Å². The number of fused-ring (bicyclic) bond motifs is 1. The molecule has 1 heterocycles. The van der Waals surface area contributed by atoms with Crippen LogP contribution in [-0.2, 0) is 5.41 Å². The van der Waals surface area contributed by atoms with Crippen LogP contribution >= 0.6 is 15.9 Å². The molecule has 2 aromatic carbocycles. The molecule has 3 rings (SSSR count). The summed E-state index contributed by atoms with van der Waals surface area (Å²) >= 11 is 3.38. The number of methoxy groups -OCH3 is 1. The predicted molar refractivity (Wildman–Crippen MR) is 126 cm³/mol. The van der Waals surface area contributed by atoms with Crippen molar-refractivity contribution < 1.29 is 14.4 Å². The second-order valence-electron chi connectivity index (χ2n) is 7.97. The number of ether oxygens (including phenoxy) is 2. The molecule has 0 saturated heterocycles. The Balaban J connectivity index is 2.22. The van der Waals surface area contributed by atoms with Crippen molar-refractivity contribution in [1.29, 1.82) is 0 Å². The van der Waals surface area contributed by atoms with Crippen molar-refractivity contribution in [2.24, 2.45) is 5.10 Å². The highest BCUT2D eigenvalue weighted by atomic mass is 79.9. The zero-order valence-electron chi connectivity index (χ0n) is 18.4. The van der Waals surface area contributed by atoms with E-state index in [1.54, 1.807) is 25.1 Å². The smallest absolute Gasteiger partial charge is 0.315 e. The van der Waals surface area contributed by atoms with Crippen LogP contribution in [0.25, 0.3) is 10.9 Å². The van der Waals surface area contributed by atoms with Crippen LogP contribution in [0.5, 0.6) is 11.5 Å². The fourth-order valence-electron chi connectivity index (χ4n) is 3.13. The molecule has 0 spiro atoms. The maximum Gasteiger partial charge on any atom is 0.315 e. The van der Waals surface area contributed by atoms with Crippen LogP contribution in [0.2, 0.25) is 0 Å². The molecule has 10 heteroatoms. The minimum absolute atomic E-state index is 0.0434. The summed E-state index contributed by atoms with van der Waals surface area (Å²) in [6, 6.07) is 8.16. The Bertz CT molecular complexity index is 1280. The molecule has 0 fully saturated rings. The summed E-state index contributed by atoms with van der Waals surface area (Å²) in [5.41, 5.74) is -0.146. The molecule has 3 aromatic rings. The quantitative estimate of drug-likeness (QED) is 0.275. The average Bonchev–Trinajstić information content (AvgIpc) is 2.73. The molecule has 0 saturated carbocycles. The number of rotatable bonds is 6. The van der Waals surface area contributed by atoms with Crippen molar-refractivity contribution in [3.8, 4) is 11.5 Å². The Morgan fingerprint density at radius 1 is 1.28 bits per heavy atom. The third-order valence-corrected chi connectivity index (χ3v) is 5.06. The van der Waals surface area contributed by atoms with Gasteiger partial charge < -0.3 is 9.47 Å². The van der Waals surface area contributed by atoms with Crippen molar-refractivity contribution >= 4 is 38.7 Å². The van der Waals surface area contributed by atoms with E-state index in [9.17, 15) is 14.9 Å². The van der Waals surface area contributed by atoms with Gasteiger partial charge in [0.25, 0.3) is 5.56 Å². The molecule has 0 bridgehead atoms. The van der Waals surface area contributed by atoms with E-state index >= 15 is 0 Å². The van der Waals surface area contributed by atoms with Crippen LogP contribution in [0.15, 0.2) is 44.7 Å². The van der Waals surface area contributed by atoms with E-state index in [1.807, 2.05) is 26.8 Å². The van der Waals surface area contributed by atoms with Gasteiger partial charge in [-0.2, -0.15) is 9.78 Å². The SMILES string of the molecule is CCOc1c(OC)cc(C=Nn2c(C(C)(C)C)nc3ccc(Br)cc3c2=O)cc1[N+](=O)[O-]. The van der Waals surface area contributed by atoms with Crippen LogP contribution in [-0.4, -0.2) is 34.5 Å². The summed E-state index contributed by atoms with van der Waals surface area (Å²) < 4.78 is 12.6. The number of aromatic nitrogens is 2. The lowest BCUT2D eigenvalue weighted by Gasteiger charge is -2.20. The Kier molecular flexibility index (Phi) is 6.63. The van der Waals surface area contributed by atoms with Gasteiger partial charge in [0.2, 0.25) is 5.75 Å². The lowest BCUT2D eigenvalue weighted by Crippen LogP contribution is -2.29. The number of hydrogen-bond donors (Lipinski definition) is 0. The van der Waals surface area contributed by atoms with E-state index in [0.717, 1.165) is 4.47 Å². The number of nitrogens with zero attached hydrogens (tertiary/aromatic N) is 4. The molecule has 0 N–H and O–H groups in total. The lowest BCUT2D eigenvalue weighted by atomic mass is 9.95. The number of nitro benzene ring substituents is 1. The molecule has 0 unspecified atom stereocenters. The van der Waals surface area contributed by atoms with Crippen molar-refractivity contribution in [2.75, 3.05) is 13.7 Å². The highest BCUT2D eigenvalue weighted by Gasteiger charge is 2.24. The predicted octanol–water partition coefficient (Wildman–Crippen LogP) is 4.65. The van der Waals surface area contributed by atoms with Crippen molar-refractivity contribution in [3.63, 3.8) is 0 Å². The second-order valence-corrected chi connectivity index (χ2v) is 8.89. The van der Waals surface area contributed by atoms with Gasteiger partial charge in [-0.15, -0.1) is 0 Å². The molecule has 0 aliphatic heterocycles. The molecular weight excluding hydrogens is 480 g/mol. The zero-order valence-corrected chi connectivity index (χ0v) is 20.0. The Hall–Kier alpha value is -3.27. The minimum atomic E-state index is -0.549. The summed E-state index contributed by atoms with van der Waals surface area (Å²) in [7, 11) is 1.40. The number of halogens is 1. The van der Waals surface area contributed by atoms with Gasteiger partial charge in [-0.3, -0.25) is 14.9 Å². The first-order valence-electron chi connectivity index (χ1n) is 9.83. The number of hydrogen-bond acceptors (Lipinski definition) is 7. The summed E-state index contributed by atoms with van der Waals surface area (Å²) in [4.78, 5) is 28.9. The van der Waals surface area contributed by atoms with E-state index in [1.165, 1.54) is 24.1 Å². The van der Waals surface area contributed by atoms with Crippen molar-refractivity contribution in [3.05, 3.63) is 66.7 Å². The van der Waals surface area contributed by atoms with Gasteiger partial charge in [0.15, 0.2) is 5.75 Å². The maximum absolute atomic E-state index is 13.2. The van der Waals surface area contributed by atoms with Crippen molar-refractivity contribution in [2.45, 2.75) is 33.1 Å². The monoisotopic (exact) mass is 502 g/mol. The third kappa shape index (κ3) is 4.64. The summed E-state index contributed by atoms with van der Waals surface area (Å²) in [5, 5.41) is 16.3. The molecule has 0 atom stereocenters. The fourth-order valence-corrected chi connectivity index (χ4v) is 3.49. The first-order chi connectivity index (χ1) is 15.1. The van der Waals surface area contributed by atoms with Crippen molar-refractivity contribution in [1.82, 2.24) is 9.66 Å². The normalized spacial score (nSPS) is 11.8. The fraction of sp³-hybridized carbons (Fsp3) is 0.318. The first kappa shape index (κ1) is 23.4. The maximum atomic E-state index is 13.2. The van der Waals surface area contributed by atoms with Crippen LogP contribution in [0.4, 0.5) is 5.69 Å². The molecule has 0 amide bonds. The van der Waals surface area contributed by atoms with E-state index in [0.29, 0.717) is 22.3 Å². The Morgan fingerprint density at radius 2 is 2.00 bits per heavy atom. The summed E-state index contributed by atoms with van der Waals surface area (Å²) in [6.45, 7) is 7.75. The molecule has 1 aromatic heterocycles. The van der Waals surface area contributed by atoms with E-state index < -0.39 is 10.3 Å². The van der Waals surface area contributed by atoms with E-state index in [-0.39, 0.29) is 29.4 Å². The van der Waals surface area contributed by atoms with Gasteiger partial charge in [0.05, 0.1) is 35.8 Å². The molecule has 0 aliphatic rings. The largest absolute Gasteiger partial charge is 0.493 e. The van der Waals surface area contributed by atoms with Gasteiger partial charge in [-0.1, -0.05) is 36.7 Å². The molecule has 9 nitrogen and oxygen atoms in total. The van der Waals surface area contributed by atoms with E-state index in [2.05, 4.69) is 26.0 Å². The van der Waals surface area contributed by atoms with Gasteiger partial charge in [-0.05, 0) is 31.2 Å². The molecule has 168 valence electrons. The molecular formula is C22H23BrN4O5. The van der Waals surface area contributed by atoms with Crippen LogP contribution in [0, 0.1) is 10.1 Å². The number of nitro groups is 1. The first-order valence-corrected chi connectivity index (χ1v) is 10.6. The highest BCUT2D eigenvalue weighted by molar-refractivity contribution is 9.10. The second kappa shape index (κ2) is 9.07. The van der Waals surface area contributed by atoms with Gasteiger partial charge in [-0.25, -0.2) is 4.98 Å². The number of benzene rings is 2. The van der Waals surface area contributed by atoms with Crippen LogP contribution in [0.3, 0.4) is 0 Å². The minimum Gasteiger partial charge on any atom is -0.493 e. The van der Waals surface area contributed by atoms with Gasteiger partial charge >= 0.3 is 5.69 Å². The summed E-state index contributed by atoms with van der Waals surface area (Å²) in [6.07, 6.45) is 1.37. The third-order valence-electron chi connectivity index (χ3n) is 4.56. The zero-order chi connectivity index (χ0) is 23.6. The highest BCUT2D eigenvalue weighted by Crippen LogP contribution is 2.38. The van der Waals surface area contributed by atoms with Crippen LogP contribution < -0.4 is 15.0 Å². The Morgan fingerprint density at radius 3 is 2.59 bits per heavy atom. The van der Waals surface area contributed by atoms with E-state index in [4.69, 9.17) is 9.47 Å². The molecule has 0 aliphatic carbocycles. The summed E-state index contributed by atoms with van der Waals surface area (Å²) in [5.74, 6) is 0.703. The topological polar surface area (TPSA) is 109 Å². The van der Waals surface area contributed by atoms with Gasteiger partial charge in [0, 0.05) is 21.5 Å². The average molecular weight is 503 g/mol.